The molecule has 0 fully saturated rings. The molecule has 0 rings (SSSR count). The van der Waals surface area contributed by atoms with E-state index in [-0.39, 0.29) is 12.8 Å². The van der Waals surface area contributed by atoms with Gasteiger partial charge in [0.05, 0.1) is 25.9 Å². The first kappa shape index (κ1) is 22.0. The Labute approximate surface area is 140 Å². The second-order valence-corrected chi connectivity index (χ2v) is 6.18. The van der Waals surface area contributed by atoms with Crippen molar-refractivity contribution in [3.63, 3.8) is 0 Å². The number of alkyl carbamates (subject to hydrolysis) is 1. The van der Waals surface area contributed by atoms with Crippen molar-refractivity contribution in [1.29, 1.82) is 0 Å². The van der Waals surface area contributed by atoms with E-state index in [1.807, 2.05) is 0 Å². The summed E-state index contributed by atoms with van der Waals surface area (Å²) in [4.78, 5) is 26.0. The number of nitrogens with zero attached hydrogens (tertiary/aromatic N) is 3. The Morgan fingerprint density at radius 3 is 2.42 bits per heavy atom. The number of amides is 1. The molecule has 24 heavy (non-hydrogen) atoms. The number of nitrogens with one attached hydrogen (secondary N) is 1. The minimum Gasteiger partial charge on any atom is -0.467 e. The number of ether oxygens (including phenoxy) is 2. The smallest absolute Gasteiger partial charge is 0.408 e. The van der Waals surface area contributed by atoms with Crippen LogP contribution in [0.1, 0.15) is 40.0 Å². The SMILES string of the molecule is COC(=O)[C@H](CCC[C@H](O)[C@H](CO)N=[N+]=[N-])NC(=O)OC(C)(C)C. The van der Waals surface area contributed by atoms with Crippen molar-refractivity contribution in [3.8, 4) is 0 Å². The number of hydrogen-bond acceptors (Lipinski definition) is 7. The summed E-state index contributed by atoms with van der Waals surface area (Å²) in [6.07, 6.45) is -1.11. The van der Waals surface area contributed by atoms with Gasteiger partial charge in [0.15, 0.2) is 0 Å². The van der Waals surface area contributed by atoms with Gasteiger partial charge in [-0.05, 0) is 45.6 Å². The van der Waals surface area contributed by atoms with Crippen LogP contribution in [-0.2, 0) is 14.3 Å². The zero-order valence-corrected chi connectivity index (χ0v) is 14.4. The summed E-state index contributed by atoms with van der Waals surface area (Å²) in [5.41, 5.74) is 7.64. The molecule has 138 valence electrons. The molecule has 0 bridgehead atoms. The maximum absolute atomic E-state index is 11.7. The lowest BCUT2D eigenvalue weighted by Gasteiger charge is -2.23. The molecule has 0 aromatic carbocycles. The van der Waals surface area contributed by atoms with Crippen LogP contribution < -0.4 is 5.32 Å². The minimum absolute atomic E-state index is 0.174. The number of esters is 1. The van der Waals surface area contributed by atoms with Gasteiger partial charge in [-0.2, -0.15) is 0 Å². The number of azide groups is 1. The molecule has 0 unspecified atom stereocenters. The third-order valence-electron chi connectivity index (χ3n) is 3.00. The Morgan fingerprint density at radius 2 is 1.96 bits per heavy atom. The Morgan fingerprint density at radius 1 is 1.33 bits per heavy atom. The van der Waals surface area contributed by atoms with E-state index < -0.39 is 42.5 Å². The van der Waals surface area contributed by atoms with E-state index in [1.54, 1.807) is 20.8 Å². The van der Waals surface area contributed by atoms with E-state index in [9.17, 15) is 14.7 Å². The molecule has 0 radical (unpaired) electrons. The average Bonchev–Trinajstić information content (AvgIpc) is 2.48. The minimum atomic E-state index is -1.05. The summed E-state index contributed by atoms with van der Waals surface area (Å²) in [6, 6.07) is -1.88. The predicted octanol–water partition coefficient (Wildman–Crippen LogP) is 1.26. The lowest BCUT2D eigenvalue weighted by atomic mass is 10.0. The van der Waals surface area contributed by atoms with Gasteiger partial charge in [0, 0.05) is 4.91 Å². The number of rotatable bonds is 9. The topological polar surface area (TPSA) is 154 Å². The fourth-order valence-electron chi connectivity index (χ4n) is 1.87. The van der Waals surface area contributed by atoms with Crippen molar-refractivity contribution in [2.24, 2.45) is 5.11 Å². The van der Waals surface area contributed by atoms with Gasteiger partial charge in [-0.15, -0.1) is 0 Å². The Kier molecular flexibility index (Phi) is 9.79. The first-order valence-electron chi connectivity index (χ1n) is 7.55. The summed E-state index contributed by atoms with van der Waals surface area (Å²) in [7, 11) is 1.20. The van der Waals surface area contributed by atoms with Gasteiger partial charge in [0.2, 0.25) is 0 Å². The van der Waals surface area contributed by atoms with Crippen molar-refractivity contribution < 1.29 is 29.3 Å². The number of aliphatic hydroxyl groups excluding tert-OH is 2. The lowest BCUT2D eigenvalue weighted by molar-refractivity contribution is -0.143. The van der Waals surface area contributed by atoms with E-state index in [0.717, 1.165) is 0 Å². The lowest BCUT2D eigenvalue weighted by Crippen LogP contribution is -2.44. The van der Waals surface area contributed by atoms with E-state index in [1.165, 1.54) is 7.11 Å². The zero-order valence-electron chi connectivity index (χ0n) is 14.4. The van der Waals surface area contributed by atoms with Crippen LogP contribution in [0, 0.1) is 0 Å². The molecular weight excluding hydrogens is 320 g/mol. The highest BCUT2D eigenvalue weighted by atomic mass is 16.6. The molecule has 10 nitrogen and oxygen atoms in total. The van der Waals surface area contributed by atoms with E-state index in [2.05, 4.69) is 20.1 Å². The highest BCUT2D eigenvalue weighted by Crippen LogP contribution is 2.12. The molecule has 3 atom stereocenters. The highest BCUT2D eigenvalue weighted by molar-refractivity contribution is 5.81. The standard InChI is InChI=1S/C14H26N4O6/c1-14(2,3)24-13(22)16-9(12(21)23-4)6-5-7-11(20)10(8-19)17-18-15/h9-11,19-20H,5-8H2,1-4H3,(H,16,22)/t9-,10-,11-/m0/s1. The molecule has 0 aliphatic heterocycles. The largest absolute Gasteiger partial charge is 0.467 e. The van der Waals surface area contributed by atoms with Gasteiger partial charge in [0.1, 0.15) is 11.6 Å². The summed E-state index contributed by atoms with van der Waals surface area (Å²) in [5.74, 6) is -0.635. The van der Waals surface area contributed by atoms with Crippen LogP contribution in [0.3, 0.4) is 0 Å². The Balaban J connectivity index is 4.57. The van der Waals surface area contributed by atoms with Crippen molar-refractivity contribution >= 4 is 12.1 Å². The third kappa shape index (κ3) is 9.19. The van der Waals surface area contributed by atoms with Crippen LogP contribution in [-0.4, -0.2) is 59.8 Å². The maximum Gasteiger partial charge on any atom is 0.408 e. The van der Waals surface area contributed by atoms with Gasteiger partial charge in [-0.3, -0.25) is 0 Å². The molecule has 0 heterocycles. The summed E-state index contributed by atoms with van der Waals surface area (Å²) in [6.45, 7) is 4.60. The molecule has 0 aromatic rings. The fraction of sp³-hybridized carbons (Fsp3) is 0.857. The highest BCUT2D eigenvalue weighted by Gasteiger charge is 2.25. The van der Waals surface area contributed by atoms with Gasteiger partial charge in [0.25, 0.3) is 0 Å². The van der Waals surface area contributed by atoms with Crippen LogP contribution in [0.25, 0.3) is 10.4 Å². The molecule has 0 saturated carbocycles. The number of carbonyl (C=O) groups is 2. The Bertz CT molecular complexity index is 459. The fourth-order valence-corrected chi connectivity index (χ4v) is 1.87. The van der Waals surface area contributed by atoms with Crippen LogP contribution in [0.2, 0.25) is 0 Å². The van der Waals surface area contributed by atoms with Gasteiger partial charge >= 0.3 is 12.1 Å². The molecule has 0 spiro atoms. The number of carbonyl (C=O) groups excluding carboxylic acids is 2. The van der Waals surface area contributed by atoms with Crippen LogP contribution in [0.5, 0.6) is 0 Å². The molecule has 0 aliphatic rings. The van der Waals surface area contributed by atoms with Gasteiger partial charge in [-0.25, -0.2) is 9.59 Å². The molecule has 0 aliphatic carbocycles. The van der Waals surface area contributed by atoms with Crippen molar-refractivity contribution in [2.45, 2.75) is 63.8 Å². The Hall–Kier alpha value is -2.03. The van der Waals surface area contributed by atoms with Crippen LogP contribution in [0.4, 0.5) is 4.79 Å². The van der Waals surface area contributed by atoms with Gasteiger partial charge in [-0.1, -0.05) is 5.11 Å². The summed E-state index contributed by atoms with van der Waals surface area (Å²) in [5, 5.41) is 24.5. The third-order valence-corrected chi connectivity index (χ3v) is 3.00. The van der Waals surface area contributed by atoms with E-state index in [4.69, 9.17) is 15.4 Å². The van der Waals surface area contributed by atoms with Crippen molar-refractivity contribution in [1.82, 2.24) is 5.32 Å². The maximum atomic E-state index is 11.7. The van der Waals surface area contributed by atoms with Crippen molar-refractivity contribution in [3.05, 3.63) is 10.4 Å². The molecule has 0 aromatic heterocycles. The monoisotopic (exact) mass is 346 g/mol. The van der Waals surface area contributed by atoms with E-state index in [0.29, 0.717) is 6.42 Å². The molecular formula is C14H26N4O6. The number of methoxy groups -OCH3 is 1. The average molecular weight is 346 g/mol. The molecule has 1 amide bonds. The molecule has 10 heteroatoms. The quantitative estimate of drug-likeness (QED) is 0.247. The predicted molar refractivity (Wildman–Crippen MR) is 85.1 cm³/mol. The van der Waals surface area contributed by atoms with E-state index >= 15 is 0 Å². The number of hydrogen-bond donors (Lipinski definition) is 3. The van der Waals surface area contributed by atoms with Crippen LogP contribution >= 0.6 is 0 Å². The molecule has 3 N–H and O–H groups in total. The van der Waals surface area contributed by atoms with Crippen molar-refractivity contribution in [2.75, 3.05) is 13.7 Å². The van der Waals surface area contributed by atoms with Gasteiger partial charge < -0.3 is 25.0 Å². The first-order chi connectivity index (χ1) is 11.1. The second kappa shape index (κ2) is 10.7. The van der Waals surface area contributed by atoms with Crippen LogP contribution in [0.15, 0.2) is 5.11 Å². The zero-order chi connectivity index (χ0) is 18.8. The second-order valence-electron chi connectivity index (χ2n) is 6.18. The summed E-state index contributed by atoms with van der Waals surface area (Å²) < 4.78 is 9.71. The normalized spacial score (nSPS) is 14.8. The number of aliphatic hydroxyl groups is 2. The summed E-state index contributed by atoms with van der Waals surface area (Å²) >= 11 is 0. The molecule has 0 saturated heterocycles. The first-order valence-corrected chi connectivity index (χ1v) is 7.55.